The first-order valence-electron chi connectivity index (χ1n) is 7.68. The van der Waals surface area contributed by atoms with Gasteiger partial charge in [-0.05, 0) is 48.8 Å². The summed E-state index contributed by atoms with van der Waals surface area (Å²) >= 11 is 0. The van der Waals surface area contributed by atoms with E-state index in [4.69, 9.17) is 0 Å². The fourth-order valence-corrected chi connectivity index (χ4v) is 3.60. The van der Waals surface area contributed by atoms with Crippen LogP contribution in [0, 0.1) is 5.92 Å². The molecule has 3 rings (SSSR count). The van der Waals surface area contributed by atoms with Crippen LogP contribution in [0.1, 0.15) is 56.1 Å². The van der Waals surface area contributed by atoms with Crippen LogP contribution in [0.2, 0.25) is 0 Å². The van der Waals surface area contributed by atoms with Gasteiger partial charge in [-0.3, -0.25) is 0 Å². The second kappa shape index (κ2) is 5.44. The highest BCUT2D eigenvalue weighted by Crippen LogP contribution is 2.40. The molecule has 0 saturated heterocycles. The molecule has 18 heavy (non-hydrogen) atoms. The zero-order chi connectivity index (χ0) is 12.4. The van der Waals surface area contributed by atoms with E-state index in [-0.39, 0.29) is 0 Å². The molecule has 0 aromatic heterocycles. The molecule has 2 aliphatic rings. The highest BCUT2D eigenvalue weighted by molar-refractivity contribution is 5.39. The molecule has 2 unspecified atom stereocenters. The second-order valence-electron chi connectivity index (χ2n) is 6.12. The Kier molecular flexibility index (Phi) is 3.69. The van der Waals surface area contributed by atoms with Gasteiger partial charge >= 0.3 is 0 Å². The van der Waals surface area contributed by atoms with Crippen LogP contribution in [0.25, 0.3) is 0 Å². The fraction of sp³-hybridized carbons (Fsp3) is 0.647. The average molecular weight is 243 g/mol. The van der Waals surface area contributed by atoms with Gasteiger partial charge in [0, 0.05) is 6.04 Å². The van der Waals surface area contributed by atoms with Gasteiger partial charge in [0.05, 0.1) is 0 Å². The van der Waals surface area contributed by atoms with Crippen molar-refractivity contribution in [3.05, 3.63) is 35.4 Å². The van der Waals surface area contributed by atoms with E-state index in [9.17, 15) is 0 Å². The van der Waals surface area contributed by atoms with Crippen LogP contribution in [0.4, 0.5) is 0 Å². The molecular formula is C17H25N. The topological polar surface area (TPSA) is 12.0 Å². The Balaban J connectivity index is 1.56. The Hall–Kier alpha value is -0.820. The lowest BCUT2D eigenvalue weighted by Gasteiger charge is -2.36. The molecule has 98 valence electrons. The standard InChI is InChI=1S/C17H25N/c1-2-18-16(10-13-6-5-7-13)12-15-11-14-8-3-4-9-17(14)15/h3-4,8-9,13,15-16,18H,2,5-7,10-12H2,1H3. The molecule has 2 aliphatic carbocycles. The quantitative estimate of drug-likeness (QED) is 0.799. The first-order valence-corrected chi connectivity index (χ1v) is 7.68. The van der Waals surface area contributed by atoms with Gasteiger partial charge in [-0.15, -0.1) is 0 Å². The summed E-state index contributed by atoms with van der Waals surface area (Å²) in [5.74, 6) is 1.84. The maximum absolute atomic E-state index is 3.71. The number of rotatable bonds is 6. The average Bonchev–Trinajstić information content (AvgIpc) is 2.30. The summed E-state index contributed by atoms with van der Waals surface area (Å²) < 4.78 is 0. The number of fused-ring (bicyclic) bond motifs is 1. The lowest BCUT2D eigenvalue weighted by molar-refractivity contribution is 0.247. The Morgan fingerprint density at radius 3 is 2.72 bits per heavy atom. The van der Waals surface area contributed by atoms with E-state index in [1.54, 1.807) is 11.1 Å². The summed E-state index contributed by atoms with van der Waals surface area (Å²) in [7, 11) is 0. The summed E-state index contributed by atoms with van der Waals surface area (Å²) in [6.45, 7) is 3.36. The molecule has 1 heteroatoms. The lowest BCUT2D eigenvalue weighted by Crippen LogP contribution is -2.36. The highest BCUT2D eigenvalue weighted by Gasteiger charge is 2.29. The van der Waals surface area contributed by atoms with Crippen LogP contribution in [-0.2, 0) is 6.42 Å². The van der Waals surface area contributed by atoms with Gasteiger partial charge in [0.15, 0.2) is 0 Å². The van der Waals surface area contributed by atoms with E-state index in [1.165, 1.54) is 38.5 Å². The molecule has 0 heterocycles. The second-order valence-corrected chi connectivity index (χ2v) is 6.12. The Labute approximate surface area is 111 Å². The number of hydrogen-bond acceptors (Lipinski definition) is 1. The van der Waals surface area contributed by atoms with Crippen LogP contribution in [0.15, 0.2) is 24.3 Å². The van der Waals surface area contributed by atoms with Crippen LogP contribution in [-0.4, -0.2) is 12.6 Å². The zero-order valence-corrected chi connectivity index (χ0v) is 11.5. The van der Waals surface area contributed by atoms with Crippen molar-refractivity contribution in [2.24, 2.45) is 5.92 Å². The van der Waals surface area contributed by atoms with E-state index in [2.05, 4.69) is 36.5 Å². The Bertz CT molecular complexity index is 394. The van der Waals surface area contributed by atoms with E-state index < -0.39 is 0 Å². The van der Waals surface area contributed by atoms with Crippen LogP contribution in [0.5, 0.6) is 0 Å². The summed E-state index contributed by atoms with van der Waals surface area (Å²) in [6, 6.07) is 9.74. The predicted octanol–water partition coefficient (Wildman–Crippen LogP) is 3.88. The highest BCUT2D eigenvalue weighted by atomic mass is 14.9. The first-order chi connectivity index (χ1) is 8.86. The smallest absolute Gasteiger partial charge is 0.00755 e. The molecule has 0 spiro atoms. The van der Waals surface area contributed by atoms with Crippen LogP contribution < -0.4 is 5.32 Å². The maximum atomic E-state index is 3.71. The number of benzene rings is 1. The molecule has 1 aromatic rings. The molecule has 1 nitrogen and oxygen atoms in total. The van der Waals surface area contributed by atoms with Crippen molar-refractivity contribution >= 4 is 0 Å². The Morgan fingerprint density at radius 2 is 2.06 bits per heavy atom. The summed E-state index contributed by atoms with van der Waals surface area (Å²) in [5, 5.41) is 3.71. The molecule has 1 fully saturated rings. The number of hydrogen-bond donors (Lipinski definition) is 1. The molecule has 1 N–H and O–H groups in total. The van der Waals surface area contributed by atoms with E-state index in [1.807, 2.05) is 0 Å². The van der Waals surface area contributed by atoms with Crippen molar-refractivity contribution in [2.75, 3.05) is 6.54 Å². The van der Waals surface area contributed by atoms with Crippen LogP contribution >= 0.6 is 0 Å². The van der Waals surface area contributed by atoms with Gasteiger partial charge in [-0.25, -0.2) is 0 Å². The van der Waals surface area contributed by atoms with Crippen molar-refractivity contribution in [3.8, 4) is 0 Å². The predicted molar refractivity (Wildman–Crippen MR) is 76.9 cm³/mol. The SMILES string of the molecule is CCNC(CC1CCC1)CC1Cc2ccccc21. The Morgan fingerprint density at radius 1 is 1.22 bits per heavy atom. The molecule has 0 radical (unpaired) electrons. The monoisotopic (exact) mass is 243 g/mol. The molecule has 0 amide bonds. The lowest BCUT2D eigenvalue weighted by atomic mass is 9.72. The first kappa shape index (κ1) is 12.2. The van der Waals surface area contributed by atoms with Gasteiger partial charge in [-0.1, -0.05) is 50.5 Å². The summed E-state index contributed by atoms with van der Waals surface area (Å²) in [5.41, 5.74) is 3.20. The van der Waals surface area contributed by atoms with E-state index in [0.717, 1.165) is 24.4 Å². The largest absolute Gasteiger partial charge is 0.314 e. The summed E-state index contributed by atoms with van der Waals surface area (Å²) in [4.78, 5) is 0. The molecule has 2 atom stereocenters. The minimum atomic E-state index is 0.749. The van der Waals surface area contributed by atoms with Crippen LogP contribution in [0.3, 0.4) is 0 Å². The number of nitrogens with one attached hydrogen (secondary N) is 1. The van der Waals surface area contributed by atoms with Gasteiger partial charge in [-0.2, -0.15) is 0 Å². The van der Waals surface area contributed by atoms with Crippen molar-refractivity contribution in [1.82, 2.24) is 5.32 Å². The van der Waals surface area contributed by atoms with Gasteiger partial charge in [0.2, 0.25) is 0 Å². The molecule has 0 aliphatic heterocycles. The van der Waals surface area contributed by atoms with Crippen molar-refractivity contribution in [2.45, 2.75) is 57.4 Å². The third-order valence-electron chi connectivity index (χ3n) is 4.87. The van der Waals surface area contributed by atoms with Crippen molar-refractivity contribution in [3.63, 3.8) is 0 Å². The van der Waals surface area contributed by atoms with Crippen molar-refractivity contribution < 1.29 is 0 Å². The third kappa shape index (κ3) is 2.47. The minimum Gasteiger partial charge on any atom is -0.314 e. The maximum Gasteiger partial charge on any atom is 0.00755 e. The summed E-state index contributed by atoms with van der Waals surface area (Å²) in [6.07, 6.45) is 8.48. The fourth-order valence-electron chi connectivity index (χ4n) is 3.60. The molecule has 1 aromatic carbocycles. The minimum absolute atomic E-state index is 0.749. The molecule has 1 saturated carbocycles. The zero-order valence-electron chi connectivity index (χ0n) is 11.5. The van der Waals surface area contributed by atoms with Crippen molar-refractivity contribution in [1.29, 1.82) is 0 Å². The van der Waals surface area contributed by atoms with Gasteiger partial charge in [0.25, 0.3) is 0 Å². The molecule has 0 bridgehead atoms. The van der Waals surface area contributed by atoms with E-state index >= 15 is 0 Å². The third-order valence-corrected chi connectivity index (χ3v) is 4.87. The van der Waals surface area contributed by atoms with Gasteiger partial charge < -0.3 is 5.32 Å². The normalized spacial score (nSPS) is 23.9. The molecular weight excluding hydrogens is 218 g/mol. The van der Waals surface area contributed by atoms with Gasteiger partial charge in [0.1, 0.15) is 0 Å². The van der Waals surface area contributed by atoms with E-state index in [0.29, 0.717) is 0 Å².